The molecule has 1 unspecified atom stereocenters. The van der Waals surface area contributed by atoms with Gasteiger partial charge in [-0.25, -0.2) is 0 Å². The monoisotopic (exact) mass is 611 g/mol. The number of likely N-dealkylation sites (tertiary alicyclic amines) is 1. The molecule has 5 rings (SSSR count). The minimum Gasteiger partial charge on any atom is -0.496 e. The average molecular weight is 613 g/mol. The fraction of sp³-hybridized carbons (Fsp3) is 0.424. The number of halogens is 2. The summed E-state index contributed by atoms with van der Waals surface area (Å²) in [7, 11) is 3.78. The lowest BCUT2D eigenvalue weighted by atomic mass is 9.96. The van der Waals surface area contributed by atoms with E-state index >= 15 is 0 Å². The lowest BCUT2D eigenvalue weighted by Crippen LogP contribution is -2.35. The van der Waals surface area contributed by atoms with E-state index in [0.29, 0.717) is 59.5 Å². The molecular weight excluding hydrogens is 573 g/mol. The van der Waals surface area contributed by atoms with Crippen molar-refractivity contribution < 1.29 is 19.0 Å². The number of hydrogen-bond acceptors (Lipinski definition) is 6. The van der Waals surface area contributed by atoms with Crippen molar-refractivity contribution >= 4 is 29.1 Å². The topological polar surface area (TPSA) is 72.1 Å². The highest BCUT2D eigenvalue weighted by Crippen LogP contribution is 2.39. The van der Waals surface area contributed by atoms with Crippen molar-refractivity contribution in [3.63, 3.8) is 0 Å². The lowest BCUT2D eigenvalue weighted by molar-refractivity contribution is -0.120. The molecule has 2 atom stereocenters. The van der Waals surface area contributed by atoms with Crippen LogP contribution in [0.2, 0.25) is 10.0 Å². The zero-order valence-electron chi connectivity index (χ0n) is 24.5. The zero-order chi connectivity index (χ0) is 29.6. The van der Waals surface area contributed by atoms with Crippen LogP contribution in [0, 0.1) is 12.8 Å². The standard InChI is InChI=1S/C33H39Cl2N3O4/c1-21-23(20-42-31-16-30(40-3)24(15-27(31)34)17-37-28-12-13-36-33(28)39)8-4-9-25(21)26-10-5-11-29(32(26)35)41-19-22-7-6-14-38(2)18-22/h4-5,8-11,15-16,22,28,37H,6-7,12-14,17-20H2,1-3H3,(H,36,39)/t22?,28-/m0/s1. The fourth-order valence-electron chi connectivity index (χ4n) is 5.77. The molecule has 0 saturated carbocycles. The number of piperidine rings is 1. The van der Waals surface area contributed by atoms with Gasteiger partial charge >= 0.3 is 0 Å². The molecule has 3 aromatic rings. The van der Waals surface area contributed by atoms with E-state index in [1.807, 2.05) is 36.4 Å². The number of hydrogen-bond donors (Lipinski definition) is 2. The van der Waals surface area contributed by atoms with Gasteiger partial charge in [0.05, 0.1) is 29.8 Å². The summed E-state index contributed by atoms with van der Waals surface area (Å²) < 4.78 is 18.0. The first-order chi connectivity index (χ1) is 20.3. The summed E-state index contributed by atoms with van der Waals surface area (Å²) in [5, 5.41) is 7.22. The number of ether oxygens (including phenoxy) is 3. The Kier molecular flexibility index (Phi) is 10.2. The van der Waals surface area contributed by atoms with E-state index in [2.05, 4.69) is 35.6 Å². The van der Waals surface area contributed by atoms with Crippen LogP contribution in [0.25, 0.3) is 11.1 Å². The minimum atomic E-state index is -0.209. The second kappa shape index (κ2) is 14.0. The number of amides is 1. The zero-order valence-corrected chi connectivity index (χ0v) is 26.0. The first-order valence-corrected chi connectivity index (χ1v) is 15.3. The van der Waals surface area contributed by atoms with E-state index in [1.165, 1.54) is 12.8 Å². The number of methoxy groups -OCH3 is 1. The first kappa shape index (κ1) is 30.5. The Morgan fingerprint density at radius 2 is 1.81 bits per heavy atom. The van der Waals surface area contributed by atoms with Crippen LogP contribution in [0.15, 0.2) is 48.5 Å². The van der Waals surface area contributed by atoms with Gasteiger partial charge in [-0.3, -0.25) is 4.79 Å². The largest absolute Gasteiger partial charge is 0.496 e. The van der Waals surface area contributed by atoms with Crippen LogP contribution in [-0.4, -0.2) is 57.2 Å². The first-order valence-electron chi connectivity index (χ1n) is 14.5. The molecule has 224 valence electrons. The van der Waals surface area contributed by atoms with E-state index in [9.17, 15) is 4.79 Å². The summed E-state index contributed by atoms with van der Waals surface area (Å²) in [4.78, 5) is 14.3. The van der Waals surface area contributed by atoms with Crippen LogP contribution in [0.4, 0.5) is 0 Å². The fourth-order valence-corrected chi connectivity index (χ4v) is 6.29. The molecule has 2 aliphatic rings. The second-order valence-corrected chi connectivity index (χ2v) is 12.0. The highest BCUT2D eigenvalue weighted by Gasteiger charge is 2.24. The second-order valence-electron chi connectivity index (χ2n) is 11.2. The van der Waals surface area contributed by atoms with Crippen molar-refractivity contribution in [1.82, 2.24) is 15.5 Å². The van der Waals surface area contributed by atoms with Gasteiger partial charge in [-0.1, -0.05) is 53.5 Å². The number of benzene rings is 3. The van der Waals surface area contributed by atoms with Gasteiger partial charge in [-0.15, -0.1) is 0 Å². The third-order valence-electron chi connectivity index (χ3n) is 8.20. The minimum absolute atomic E-state index is 0.0191. The van der Waals surface area contributed by atoms with Gasteiger partial charge in [0, 0.05) is 42.7 Å². The lowest BCUT2D eigenvalue weighted by Gasteiger charge is -2.29. The molecule has 2 N–H and O–H groups in total. The molecule has 2 fully saturated rings. The molecule has 0 spiro atoms. The molecule has 2 heterocycles. The molecule has 0 bridgehead atoms. The summed E-state index contributed by atoms with van der Waals surface area (Å²) in [6.45, 7) is 6.41. The summed E-state index contributed by atoms with van der Waals surface area (Å²) in [6, 6.07) is 15.5. The Bertz CT molecular complexity index is 1420. The quantitative estimate of drug-likeness (QED) is 0.267. The number of nitrogens with zero attached hydrogens (tertiary/aromatic N) is 1. The molecule has 0 aliphatic carbocycles. The predicted molar refractivity (Wildman–Crippen MR) is 168 cm³/mol. The highest BCUT2D eigenvalue weighted by atomic mass is 35.5. The molecule has 42 heavy (non-hydrogen) atoms. The summed E-state index contributed by atoms with van der Waals surface area (Å²) in [5.74, 6) is 2.42. The van der Waals surface area contributed by atoms with Crippen molar-refractivity contribution in [2.45, 2.75) is 45.4 Å². The Balaban J connectivity index is 1.27. The number of nitrogens with one attached hydrogen (secondary N) is 2. The van der Waals surface area contributed by atoms with Gasteiger partial charge in [0.15, 0.2) is 0 Å². The van der Waals surface area contributed by atoms with Crippen LogP contribution in [0.3, 0.4) is 0 Å². The molecule has 0 aromatic heterocycles. The van der Waals surface area contributed by atoms with Gasteiger partial charge in [-0.05, 0) is 68.6 Å². The summed E-state index contributed by atoms with van der Waals surface area (Å²) in [6.07, 6.45) is 3.14. The Labute approximate surface area is 258 Å². The molecule has 0 radical (unpaired) electrons. The molecule has 1 amide bonds. The van der Waals surface area contributed by atoms with E-state index in [4.69, 9.17) is 37.4 Å². The van der Waals surface area contributed by atoms with Crippen LogP contribution in [0.5, 0.6) is 17.2 Å². The van der Waals surface area contributed by atoms with Crippen LogP contribution in [0.1, 0.15) is 36.0 Å². The Morgan fingerprint density at radius 1 is 1.00 bits per heavy atom. The maximum atomic E-state index is 11.9. The van der Waals surface area contributed by atoms with Crippen LogP contribution >= 0.6 is 23.2 Å². The van der Waals surface area contributed by atoms with Crippen molar-refractivity contribution in [3.8, 4) is 28.4 Å². The molecule has 3 aromatic carbocycles. The Morgan fingerprint density at radius 3 is 2.57 bits per heavy atom. The SMILES string of the molecule is COc1cc(OCc2cccc(-c3cccc(OCC4CCCN(C)C4)c3Cl)c2C)c(Cl)cc1CN[C@H]1CCNC1=O. The van der Waals surface area contributed by atoms with Crippen molar-refractivity contribution in [2.24, 2.45) is 5.92 Å². The third kappa shape index (κ3) is 7.14. The number of carbonyl (C=O) groups is 1. The van der Waals surface area contributed by atoms with E-state index in [0.717, 1.165) is 47.3 Å². The number of carbonyl (C=O) groups excluding carboxylic acids is 1. The van der Waals surface area contributed by atoms with E-state index in [-0.39, 0.29) is 11.9 Å². The van der Waals surface area contributed by atoms with Crippen LogP contribution in [-0.2, 0) is 17.9 Å². The van der Waals surface area contributed by atoms with Gasteiger partial charge < -0.3 is 29.7 Å². The molecular formula is C33H39Cl2N3O4. The highest BCUT2D eigenvalue weighted by molar-refractivity contribution is 6.35. The number of rotatable bonds is 11. The van der Waals surface area contributed by atoms with E-state index < -0.39 is 0 Å². The normalized spacial score (nSPS) is 19.0. The molecule has 7 nitrogen and oxygen atoms in total. The maximum absolute atomic E-state index is 11.9. The van der Waals surface area contributed by atoms with Gasteiger partial charge in [0.2, 0.25) is 5.91 Å². The van der Waals surface area contributed by atoms with Crippen LogP contribution < -0.4 is 24.8 Å². The molecule has 9 heteroatoms. The van der Waals surface area contributed by atoms with E-state index in [1.54, 1.807) is 13.2 Å². The Hall–Kier alpha value is -2.97. The van der Waals surface area contributed by atoms with Gasteiger partial charge in [0.25, 0.3) is 0 Å². The maximum Gasteiger partial charge on any atom is 0.237 e. The summed E-state index contributed by atoms with van der Waals surface area (Å²) in [5.41, 5.74) is 4.92. The van der Waals surface area contributed by atoms with Crippen molar-refractivity contribution in [2.75, 3.05) is 40.4 Å². The van der Waals surface area contributed by atoms with Crippen molar-refractivity contribution in [3.05, 3.63) is 75.3 Å². The average Bonchev–Trinajstić information content (AvgIpc) is 3.40. The predicted octanol–water partition coefficient (Wildman–Crippen LogP) is 6.26. The molecule has 2 saturated heterocycles. The van der Waals surface area contributed by atoms with Gasteiger partial charge in [0.1, 0.15) is 23.9 Å². The third-order valence-corrected chi connectivity index (χ3v) is 8.89. The summed E-state index contributed by atoms with van der Waals surface area (Å²) >= 11 is 13.5. The smallest absolute Gasteiger partial charge is 0.237 e. The molecule has 2 aliphatic heterocycles. The van der Waals surface area contributed by atoms with Gasteiger partial charge in [-0.2, -0.15) is 0 Å². The van der Waals surface area contributed by atoms with Crippen molar-refractivity contribution in [1.29, 1.82) is 0 Å².